The Labute approximate surface area is 123 Å². The van der Waals surface area contributed by atoms with E-state index in [4.69, 9.17) is 9.84 Å². The van der Waals surface area contributed by atoms with Gasteiger partial charge in [-0.25, -0.2) is 8.78 Å². The lowest BCUT2D eigenvalue weighted by Crippen LogP contribution is -2.46. The molecule has 1 aromatic rings. The quantitative estimate of drug-likeness (QED) is 0.848. The first-order chi connectivity index (χ1) is 9.49. The second-order valence-electron chi connectivity index (χ2n) is 4.62. The van der Waals surface area contributed by atoms with Crippen molar-refractivity contribution in [1.82, 2.24) is 4.90 Å². The molecule has 1 aromatic carbocycles. The first-order valence-electron chi connectivity index (χ1n) is 6.15. The third-order valence-electron chi connectivity index (χ3n) is 3.26. The number of carboxylic acids is 1. The highest BCUT2D eigenvalue weighted by molar-refractivity contribution is 9.10. The number of benzene rings is 1. The molecule has 0 aromatic heterocycles. The van der Waals surface area contributed by atoms with Crippen molar-refractivity contribution < 1.29 is 23.4 Å². The number of rotatable bonds is 4. The molecule has 4 nitrogen and oxygen atoms in total. The van der Waals surface area contributed by atoms with Gasteiger partial charge in [0.25, 0.3) is 0 Å². The lowest BCUT2D eigenvalue weighted by atomic mass is 10.1. The number of halogens is 3. The number of carbonyl (C=O) groups is 1. The van der Waals surface area contributed by atoms with E-state index in [1.165, 1.54) is 12.1 Å². The summed E-state index contributed by atoms with van der Waals surface area (Å²) in [5.41, 5.74) is -0.0586. The van der Waals surface area contributed by atoms with Crippen molar-refractivity contribution in [2.75, 3.05) is 19.8 Å². The standard InChI is InChI=1S/C13H14BrF2NO3/c14-10-1-2-11(15)9(13(10)16)6-17-3-4-20-7-8(17)5-12(18)19/h1-2,8H,3-7H2,(H,18,19). The number of hydrogen-bond donors (Lipinski definition) is 1. The summed E-state index contributed by atoms with van der Waals surface area (Å²) in [6.07, 6.45) is -0.114. The summed E-state index contributed by atoms with van der Waals surface area (Å²) in [6, 6.07) is 2.12. The molecule has 7 heteroatoms. The van der Waals surface area contributed by atoms with E-state index >= 15 is 0 Å². The second kappa shape index (κ2) is 6.60. The van der Waals surface area contributed by atoms with E-state index in [-0.39, 0.29) is 35.7 Å². The minimum atomic E-state index is -0.958. The summed E-state index contributed by atoms with van der Waals surface area (Å²) in [6.45, 7) is 1.15. The van der Waals surface area contributed by atoms with Crippen LogP contribution >= 0.6 is 15.9 Å². The molecule has 20 heavy (non-hydrogen) atoms. The van der Waals surface area contributed by atoms with E-state index in [2.05, 4.69) is 15.9 Å². The van der Waals surface area contributed by atoms with Gasteiger partial charge in [0.05, 0.1) is 24.1 Å². The van der Waals surface area contributed by atoms with Crippen LogP contribution in [0.2, 0.25) is 0 Å². The van der Waals surface area contributed by atoms with Crippen molar-refractivity contribution in [1.29, 1.82) is 0 Å². The number of ether oxygens (including phenoxy) is 1. The summed E-state index contributed by atoms with van der Waals surface area (Å²) in [5, 5.41) is 8.87. The third kappa shape index (κ3) is 3.53. The predicted octanol–water partition coefficient (Wildman–Crippen LogP) is 2.40. The van der Waals surface area contributed by atoms with Crippen molar-refractivity contribution >= 4 is 21.9 Å². The highest BCUT2D eigenvalue weighted by Crippen LogP contribution is 2.24. The Bertz CT molecular complexity index is 513. The normalized spacial score (nSPS) is 20.1. The Hall–Kier alpha value is -1.05. The minimum Gasteiger partial charge on any atom is -0.481 e. The topological polar surface area (TPSA) is 49.8 Å². The molecule has 1 fully saturated rings. The highest BCUT2D eigenvalue weighted by Gasteiger charge is 2.27. The van der Waals surface area contributed by atoms with Crippen molar-refractivity contribution in [3.63, 3.8) is 0 Å². The zero-order chi connectivity index (χ0) is 14.7. The maximum absolute atomic E-state index is 13.9. The maximum atomic E-state index is 13.9. The van der Waals surface area contributed by atoms with Crippen molar-refractivity contribution in [2.24, 2.45) is 0 Å². The van der Waals surface area contributed by atoms with Crippen LogP contribution in [0.5, 0.6) is 0 Å². The molecule has 0 spiro atoms. The maximum Gasteiger partial charge on any atom is 0.305 e. The number of hydrogen-bond acceptors (Lipinski definition) is 3. The van der Waals surface area contributed by atoms with Crippen LogP contribution in [0.25, 0.3) is 0 Å². The number of aliphatic carboxylic acids is 1. The molecule has 0 radical (unpaired) electrons. The van der Waals surface area contributed by atoms with Crippen molar-refractivity contribution in [2.45, 2.75) is 19.0 Å². The summed E-state index contributed by atoms with van der Waals surface area (Å²) in [5.74, 6) is -2.24. The number of morpholine rings is 1. The van der Waals surface area contributed by atoms with Gasteiger partial charge in [-0.05, 0) is 28.1 Å². The third-order valence-corrected chi connectivity index (χ3v) is 3.87. The number of nitrogens with zero attached hydrogens (tertiary/aromatic N) is 1. The van der Waals surface area contributed by atoms with Crippen LogP contribution in [0.1, 0.15) is 12.0 Å². The van der Waals surface area contributed by atoms with Crippen LogP contribution in [0, 0.1) is 11.6 Å². The smallest absolute Gasteiger partial charge is 0.305 e. The summed E-state index contributed by atoms with van der Waals surface area (Å²) in [4.78, 5) is 12.6. The van der Waals surface area contributed by atoms with Crippen LogP contribution in [-0.2, 0) is 16.1 Å². The molecule has 0 amide bonds. The van der Waals surface area contributed by atoms with Gasteiger partial charge >= 0.3 is 5.97 Å². The van der Waals surface area contributed by atoms with Gasteiger partial charge in [0.15, 0.2) is 0 Å². The van der Waals surface area contributed by atoms with Gasteiger partial charge in [-0.2, -0.15) is 0 Å². The first-order valence-corrected chi connectivity index (χ1v) is 6.94. The Kier molecular flexibility index (Phi) is 5.06. The molecule has 1 atom stereocenters. The average molecular weight is 350 g/mol. The fourth-order valence-corrected chi connectivity index (χ4v) is 2.58. The monoisotopic (exact) mass is 349 g/mol. The van der Waals surface area contributed by atoms with Crippen LogP contribution in [0.15, 0.2) is 16.6 Å². The van der Waals surface area contributed by atoms with Gasteiger partial charge < -0.3 is 9.84 Å². The fourth-order valence-electron chi connectivity index (χ4n) is 2.20. The molecule has 1 unspecified atom stereocenters. The van der Waals surface area contributed by atoms with Gasteiger partial charge in [-0.1, -0.05) is 0 Å². The van der Waals surface area contributed by atoms with E-state index < -0.39 is 17.6 Å². The van der Waals surface area contributed by atoms with Gasteiger partial charge in [-0.15, -0.1) is 0 Å². The van der Waals surface area contributed by atoms with Crippen LogP contribution in [0.4, 0.5) is 8.78 Å². The number of carboxylic acid groups (broad SMARTS) is 1. The molecule has 1 N–H and O–H groups in total. The molecule has 0 saturated carbocycles. The zero-order valence-corrected chi connectivity index (χ0v) is 12.2. The van der Waals surface area contributed by atoms with E-state index in [0.717, 1.165) is 0 Å². The highest BCUT2D eigenvalue weighted by atomic mass is 79.9. The van der Waals surface area contributed by atoms with Crippen LogP contribution in [0.3, 0.4) is 0 Å². The Balaban J connectivity index is 2.18. The van der Waals surface area contributed by atoms with Crippen LogP contribution < -0.4 is 0 Å². The molecule has 2 rings (SSSR count). The van der Waals surface area contributed by atoms with Gasteiger partial charge in [-0.3, -0.25) is 9.69 Å². The Morgan fingerprint density at radius 2 is 2.25 bits per heavy atom. The summed E-state index contributed by atoms with van der Waals surface area (Å²) in [7, 11) is 0. The van der Waals surface area contributed by atoms with Gasteiger partial charge in [0.2, 0.25) is 0 Å². The van der Waals surface area contributed by atoms with E-state index in [1.54, 1.807) is 4.90 Å². The van der Waals surface area contributed by atoms with E-state index in [0.29, 0.717) is 13.2 Å². The molecule has 1 saturated heterocycles. The largest absolute Gasteiger partial charge is 0.481 e. The molecule has 1 aliphatic rings. The lowest BCUT2D eigenvalue weighted by molar-refractivity contribution is -0.140. The molecule has 0 aliphatic carbocycles. The molecule has 110 valence electrons. The zero-order valence-electron chi connectivity index (χ0n) is 10.6. The SMILES string of the molecule is O=C(O)CC1COCCN1Cc1c(F)ccc(Br)c1F. The van der Waals surface area contributed by atoms with Gasteiger partial charge in [0.1, 0.15) is 11.6 Å². The molecular weight excluding hydrogens is 336 g/mol. The Morgan fingerprint density at radius 1 is 1.50 bits per heavy atom. The fraction of sp³-hybridized carbons (Fsp3) is 0.462. The van der Waals surface area contributed by atoms with Crippen LogP contribution in [-0.4, -0.2) is 41.8 Å². The lowest BCUT2D eigenvalue weighted by Gasteiger charge is -2.34. The van der Waals surface area contributed by atoms with Gasteiger partial charge in [0, 0.05) is 24.7 Å². The first kappa shape index (κ1) is 15.3. The summed E-state index contributed by atoms with van der Waals surface area (Å²) < 4.78 is 33.1. The summed E-state index contributed by atoms with van der Waals surface area (Å²) >= 11 is 3.02. The minimum absolute atomic E-state index is 0.0262. The second-order valence-corrected chi connectivity index (χ2v) is 5.47. The van der Waals surface area contributed by atoms with E-state index in [1.807, 2.05) is 0 Å². The molecular formula is C13H14BrF2NO3. The average Bonchev–Trinajstić information content (AvgIpc) is 2.40. The molecule has 1 aliphatic heterocycles. The Morgan fingerprint density at radius 3 is 2.95 bits per heavy atom. The van der Waals surface area contributed by atoms with Crippen molar-refractivity contribution in [3.8, 4) is 0 Å². The van der Waals surface area contributed by atoms with E-state index in [9.17, 15) is 13.6 Å². The molecule has 1 heterocycles. The molecule has 0 bridgehead atoms. The predicted molar refractivity (Wildman–Crippen MR) is 71.3 cm³/mol. The van der Waals surface area contributed by atoms with Crippen molar-refractivity contribution in [3.05, 3.63) is 33.8 Å².